The van der Waals surface area contributed by atoms with E-state index in [1.54, 1.807) is 19.1 Å². The number of nitrogens with zero attached hydrogens (tertiary/aromatic N) is 3. The second-order valence-electron chi connectivity index (χ2n) is 6.86. The van der Waals surface area contributed by atoms with E-state index < -0.39 is 0 Å². The molecular weight excluding hydrogens is 356 g/mol. The van der Waals surface area contributed by atoms with E-state index in [2.05, 4.69) is 26.5 Å². The van der Waals surface area contributed by atoms with Crippen molar-refractivity contribution in [2.75, 3.05) is 14.1 Å². The molecule has 0 aliphatic carbocycles. The number of hydrogen-bond donors (Lipinski definition) is 2. The summed E-state index contributed by atoms with van der Waals surface area (Å²) >= 11 is 0. The van der Waals surface area contributed by atoms with Gasteiger partial charge in [0, 0.05) is 19.0 Å². The minimum absolute atomic E-state index is 0.0392. The molecule has 0 aliphatic heterocycles. The van der Waals surface area contributed by atoms with Crippen LogP contribution in [-0.2, 0) is 19.7 Å². The second-order valence-corrected chi connectivity index (χ2v) is 6.86. The molecule has 3 aromatic rings. The van der Waals surface area contributed by atoms with Crippen LogP contribution in [0.5, 0.6) is 0 Å². The number of carbonyl (C=O) groups is 1. The summed E-state index contributed by atoms with van der Waals surface area (Å²) in [5.41, 5.74) is 4.45. The summed E-state index contributed by atoms with van der Waals surface area (Å²) < 4.78 is 5.24. The van der Waals surface area contributed by atoms with E-state index in [-0.39, 0.29) is 19.1 Å². The van der Waals surface area contributed by atoms with Crippen LogP contribution in [0.15, 0.2) is 46.9 Å². The normalized spacial score (nSPS) is 11.0. The zero-order valence-electron chi connectivity index (χ0n) is 16.3. The van der Waals surface area contributed by atoms with Crippen LogP contribution in [-0.4, -0.2) is 40.2 Å². The highest BCUT2D eigenvalue weighted by Gasteiger charge is 2.10. The molecule has 2 N–H and O–H groups in total. The van der Waals surface area contributed by atoms with Crippen LogP contribution in [0.1, 0.15) is 33.3 Å². The Morgan fingerprint density at radius 1 is 1.14 bits per heavy atom. The van der Waals surface area contributed by atoms with Gasteiger partial charge in [0.2, 0.25) is 11.8 Å². The summed E-state index contributed by atoms with van der Waals surface area (Å²) in [6, 6.07) is 13.4. The van der Waals surface area contributed by atoms with Crippen LogP contribution < -0.4 is 5.32 Å². The Kier molecular flexibility index (Phi) is 6.18. The molecule has 0 atom stereocenters. The van der Waals surface area contributed by atoms with E-state index in [9.17, 15) is 9.90 Å². The van der Waals surface area contributed by atoms with E-state index in [1.165, 1.54) is 0 Å². The van der Waals surface area contributed by atoms with Gasteiger partial charge in [-0.15, -0.1) is 10.2 Å². The van der Waals surface area contributed by atoms with Gasteiger partial charge in [-0.25, -0.2) is 0 Å². The molecule has 0 aliphatic rings. The Balaban J connectivity index is 1.72. The first-order chi connectivity index (χ1) is 13.5. The molecule has 1 heterocycles. The van der Waals surface area contributed by atoms with Gasteiger partial charge >= 0.3 is 0 Å². The number of carbonyl (C=O) groups excluding carboxylic acids is 1. The molecule has 1 amide bonds. The number of aliphatic hydroxyl groups is 1. The van der Waals surface area contributed by atoms with Gasteiger partial charge in [-0.05, 0) is 48.5 Å². The molecule has 146 valence electrons. The average Bonchev–Trinajstić information content (AvgIpc) is 3.11. The smallest absolute Gasteiger partial charge is 0.251 e. The predicted molar refractivity (Wildman–Crippen MR) is 105 cm³/mol. The third-order valence-corrected chi connectivity index (χ3v) is 4.26. The molecule has 0 spiro atoms. The second kappa shape index (κ2) is 8.77. The standard InChI is InChI=1S/C21H24N4O3/c1-14-23-24-20(28-14)11-22-21(27)17-7-5-16(6-8-17)19-9-4-15(12-25(2)3)10-18(19)13-26/h4-10,26H,11-13H2,1-3H3,(H,22,27). The largest absolute Gasteiger partial charge is 0.424 e. The summed E-state index contributed by atoms with van der Waals surface area (Å²) in [5, 5.41) is 20.1. The number of aromatic nitrogens is 2. The van der Waals surface area contributed by atoms with Gasteiger partial charge in [-0.2, -0.15) is 0 Å². The van der Waals surface area contributed by atoms with E-state index in [1.807, 2.05) is 38.4 Å². The summed E-state index contributed by atoms with van der Waals surface area (Å²) in [4.78, 5) is 14.4. The van der Waals surface area contributed by atoms with Crippen molar-refractivity contribution in [3.05, 3.63) is 70.9 Å². The first kappa shape index (κ1) is 19.7. The van der Waals surface area contributed by atoms with Crippen molar-refractivity contribution in [1.29, 1.82) is 0 Å². The Labute approximate surface area is 164 Å². The predicted octanol–water partition coefficient (Wildman–Crippen LogP) is 2.53. The molecular formula is C21H24N4O3. The first-order valence-corrected chi connectivity index (χ1v) is 9.01. The molecule has 28 heavy (non-hydrogen) atoms. The lowest BCUT2D eigenvalue weighted by Gasteiger charge is -2.14. The molecule has 7 nitrogen and oxygen atoms in total. The van der Waals surface area contributed by atoms with Crippen LogP contribution in [0, 0.1) is 6.92 Å². The third-order valence-electron chi connectivity index (χ3n) is 4.26. The summed E-state index contributed by atoms with van der Waals surface area (Å²) in [5.74, 6) is 0.615. The number of amides is 1. The van der Waals surface area contributed by atoms with Gasteiger partial charge in [-0.3, -0.25) is 4.79 Å². The maximum absolute atomic E-state index is 12.3. The van der Waals surface area contributed by atoms with Crippen molar-refractivity contribution in [2.45, 2.75) is 26.6 Å². The highest BCUT2D eigenvalue weighted by molar-refractivity contribution is 5.94. The molecule has 0 saturated heterocycles. The fourth-order valence-electron chi connectivity index (χ4n) is 2.99. The third kappa shape index (κ3) is 4.82. The zero-order chi connectivity index (χ0) is 20.1. The quantitative estimate of drug-likeness (QED) is 0.654. The van der Waals surface area contributed by atoms with Crippen molar-refractivity contribution < 1.29 is 14.3 Å². The first-order valence-electron chi connectivity index (χ1n) is 9.01. The summed E-state index contributed by atoms with van der Waals surface area (Å²) in [6.45, 7) is 2.66. The zero-order valence-corrected chi connectivity index (χ0v) is 16.3. The number of benzene rings is 2. The fraction of sp³-hybridized carbons (Fsp3) is 0.286. The molecule has 0 bridgehead atoms. The topological polar surface area (TPSA) is 91.5 Å². The molecule has 0 unspecified atom stereocenters. The van der Waals surface area contributed by atoms with Crippen LogP contribution >= 0.6 is 0 Å². The van der Waals surface area contributed by atoms with Crippen molar-refractivity contribution in [2.24, 2.45) is 0 Å². The van der Waals surface area contributed by atoms with Gasteiger partial charge in [0.1, 0.15) is 0 Å². The van der Waals surface area contributed by atoms with Gasteiger partial charge in [0.05, 0.1) is 13.2 Å². The molecule has 3 rings (SSSR count). The van der Waals surface area contributed by atoms with Gasteiger partial charge in [0.15, 0.2) is 0 Å². The summed E-state index contributed by atoms with van der Waals surface area (Å²) in [7, 11) is 4.02. The van der Waals surface area contributed by atoms with Gasteiger partial charge < -0.3 is 19.7 Å². The van der Waals surface area contributed by atoms with Gasteiger partial charge in [0.25, 0.3) is 5.91 Å². The molecule has 2 aromatic carbocycles. The lowest BCUT2D eigenvalue weighted by Crippen LogP contribution is -2.22. The van der Waals surface area contributed by atoms with Crippen molar-refractivity contribution in [1.82, 2.24) is 20.4 Å². The Morgan fingerprint density at radius 2 is 1.89 bits per heavy atom. The van der Waals surface area contributed by atoms with E-state index >= 15 is 0 Å². The van der Waals surface area contributed by atoms with Crippen LogP contribution in [0.4, 0.5) is 0 Å². The fourth-order valence-corrected chi connectivity index (χ4v) is 2.99. The summed E-state index contributed by atoms with van der Waals surface area (Å²) in [6.07, 6.45) is 0. The molecule has 0 fully saturated rings. The SMILES string of the molecule is Cc1nnc(CNC(=O)c2ccc(-c3ccc(CN(C)C)cc3CO)cc2)o1. The number of aryl methyl sites for hydroxylation is 1. The number of rotatable bonds is 7. The van der Waals surface area contributed by atoms with Crippen LogP contribution in [0.3, 0.4) is 0 Å². The van der Waals surface area contributed by atoms with E-state index in [0.29, 0.717) is 17.3 Å². The lowest BCUT2D eigenvalue weighted by atomic mass is 9.97. The molecule has 0 radical (unpaired) electrons. The lowest BCUT2D eigenvalue weighted by molar-refractivity contribution is 0.0947. The van der Waals surface area contributed by atoms with E-state index in [4.69, 9.17) is 4.42 Å². The van der Waals surface area contributed by atoms with Gasteiger partial charge in [-0.1, -0.05) is 30.3 Å². The average molecular weight is 380 g/mol. The van der Waals surface area contributed by atoms with Crippen molar-refractivity contribution >= 4 is 5.91 Å². The monoisotopic (exact) mass is 380 g/mol. The molecule has 1 aromatic heterocycles. The number of nitrogens with one attached hydrogen (secondary N) is 1. The van der Waals surface area contributed by atoms with Crippen molar-refractivity contribution in [3.8, 4) is 11.1 Å². The van der Waals surface area contributed by atoms with E-state index in [0.717, 1.165) is 28.8 Å². The minimum Gasteiger partial charge on any atom is -0.424 e. The molecule has 7 heteroatoms. The maximum Gasteiger partial charge on any atom is 0.251 e. The minimum atomic E-state index is -0.217. The number of hydrogen-bond acceptors (Lipinski definition) is 6. The highest BCUT2D eigenvalue weighted by atomic mass is 16.4. The Hall–Kier alpha value is -3.03. The Bertz CT molecular complexity index is 949. The van der Waals surface area contributed by atoms with Crippen LogP contribution in [0.2, 0.25) is 0 Å². The van der Waals surface area contributed by atoms with Crippen molar-refractivity contribution in [3.63, 3.8) is 0 Å². The Morgan fingerprint density at radius 3 is 2.50 bits per heavy atom. The molecule has 0 saturated carbocycles. The maximum atomic E-state index is 12.3. The van der Waals surface area contributed by atoms with Crippen LogP contribution in [0.25, 0.3) is 11.1 Å². The number of aliphatic hydroxyl groups excluding tert-OH is 1. The highest BCUT2D eigenvalue weighted by Crippen LogP contribution is 2.26.